The van der Waals surface area contributed by atoms with Crippen molar-refractivity contribution in [2.24, 2.45) is 0 Å². The Hall–Kier alpha value is -3.69. The molecule has 1 amide bonds. The molecular formula is C25H23ClN4O4S. The van der Waals surface area contributed by atoms with Crippen LogP contribution in [0.4, 0.5) is 11.4 Å². The Kier molecular flexibility index (Phi) is 7.18. The van der Waals surface area contributed by atoms with E-state index >= 15 is 0 Å². The monoisotopic (exact) mass is 510 g/mol. The Balaban J connectivity index is 1.78. The van der Waals surface area contributed by atoms with Gasteiger partial charge in [0.2, 0.25) is 15.0 Å². The van der Waals surface area contributed by atoms with Gasteiger partial charge in [-0.25, -0.2) is 18.4 Å². The summed E-state index contributed by atoms with van der Waals surface area (Å²) in [5.74, 6) is 0.0923. The molecule has 0 spiro atoms. The zero-order valence-corrected chi connectivity index (χ0v) is 20.7. The number of nitrogens with one attached hydrogen (secondary N) is 1. The maximum atomic E-state index is 13.4. The molecular weight excluding hydrogens is 488 g/mol. The maximum Gasteiger partial charge on any atom is 0.276 e. The van der Waals surface area contributed by atoms with Crippen molar-refractivity contribution in [1.82, 2.24) is 9.97 Å². The number of carbonyl (C=O) groups excluding carboxylic acids is 1. The van der Waals surface area contributed by atoms with E-state index < -0.39 is 20.9 Å². The van der Waals surface area contributed by atoms with E-state index in [1.165, 1.54) is 6.20 Å². The molecule has 0 aliphatic rings. The average molecular weight is 511 g/mol. The molecule has 10 heteroatoms. The van der Waals surface area contributed by atoms with E-state index in [0.29, 0.717) is 35.2 Å². The lowest BCUT2D eigenvalue weighted by atomic mass is 10.1. The molecule has 8 nitrogen and oxygen atoms in total. The number of carbonyl (C=O) groups is 1. The van der Waals surface area contributed by atoms with Crippen molar-refractivity contribution in [3.8, 4) is 0 Å². The molecule has 0 aliphatic carbocycles. The fourth-order valence-corrected chi connectivity index (χ4v) is 4.10. The highest BCUT2D eigenvalue weighted by molar-refractivity contribution is 7.90. The van der Waals surface area contributed by atoms with Gasteiger partial charge in [-0.15, -0.1) is 0 Å². The van der Waals surface area contributed by atoms with Gasteiger partial charge in [0.25, 0.3) is 5.91 Å². The van der Waals surface area contributed by atoms with Crippen LogP contribution in [0.3, 0.4) is 0 Å². The van der Waals surface area contributed by atoms with Gasteiger partial charge in [-0.1, -0.05) is 35.9 Å². The molecule has 1 N–H and O–H groups in total. The Morgan fingerprint density at radius 1 is 1.09 bits per heavy atom. The first-order valence-corrected chi connectivity index (χ1v) is 12.9. The van der Waals surface area contributed by atoms with Crippen LogP contribution >= 0.6 is 11.6 Å². The molecule has 0 atom stereocenters. The number of rotatable bonds is 8. The lowest BCUT2D eigenvalue weighted by Crippen LogP contribution is -2.27. The minimum atomic E-state index is -3.75. The summed E-state index contributed by atoms with van der Waals surface area (Å²) in [6.07, 6.45) is 3.91. The number of sulfone groups is 1. The van der Waals surface area contributed by atoms with Gasteiger partial charge < -0.3 is 14.6 Å². The minimum absolute atomic E-state index is 0.0672. The molecule has 180 valence electrons. The van der Waals surface area contributed by atoms with Crippen LogP contribution in [-0.4, -0.2) is 30.5 Å². The second-order valence-electron chi connectivity index (χ2n) is 8.04. The first-order chi connectivity index (χ1) is 16.7. The summed E-state index contributed by atoms with van der Waals surface area (Å²) in [5.41, 5.74) is 2.73. The van der Waals surface area contributed by atoms with E-state index in [-0.39, 0.29) is 5.69 Å². The predicted molar refractivity (Wildman–Crippen MR) is 134 cm³/mol. The van der Waals surface area contributed by atoms with Crippen LogP contribution in [0.25, 0.3) is 0 Å². The molecule has 35 heavy (non-hydrogen) atoms. The van der Waals surface area contributed by atoms with Gasteiger partial charge in [0.05, 0.1) is 24.7 Å². The highest BCUT2D eigenvalue weighted by Crippen LogP contribution is 2.26. The van der Waals surface area contributed by atoms with Gasteiger partial charge >= 0.3 is 0 Å². The second kappa shape index (κ2) is 10.3. The van der Waals surface area contributed by atoms with Gasteiger partial charge in [-0.3, -0.25) is 4.79 Å². The fraction of sp³-hybridized carbons (Fsp3) is 0.160. The first-order valence-electron chi connectivity index (χ1n) is 10.7. The minimum Gasteiger partial charge on any atom is -0.467 e. The molecule has 0 fully saturated rings. The van der Waals surface area contributed by atoms with Gasteiger partial charge in [0.15, 0.2) is 5.69 Å². The van der Waals surface area contributed by atoms with Crippen molar-refractivity contribution >= 4 is 38.7 Å². The molecule has 2 aromatic heterocycles. The summed E-state index contributed by atoms with van der Waals surface area (Å²) in [6.45, 7) is 2.57. The molecule has 0 radical (unpaired) electrons. The number of aryl methyl sites for hydroxylation is 1. The SMILES string of the molecule is Cc1cccc(NC(=O)c2nc(S(C)(=O)=O)ncc2N(Cc2ccc(Cl)cc2)Cc2ccco2)c1. The molecule has 4 rings (SSSR count). The molecule has 0 unspecified atom stereocenters. The van der Waals surface area contributed by atoms with E-state index in [1.807, 2.05) is 48.2 Å². The number of hydrogen-bond donors (Lipinski definition) is 1. The Bertz CT molecular complexity index is 1440. The molecule has 0 saturated carbocycles. The average Bonchev–Trinajstić information content (AvgIpc) is 3.32. The number of nitrogens with zero attached hydrogens (tertiary/aromatic N) is 3. The standard InChI is InChI=1S/C25H23ClN4O4S/c1-17-5-3-6-20(13-17)28-24(31)23-22(14-27-25(29-23)35(2,32)33)30(16-21-7-4-12-34-21)15-18-8-10-19(26)11-9-18/h3-14H,15-16H2,1-2H3,(H,28,31). The Morgan fingerprint density at radius 2 is 1.86 bits per heavy atom. The third-order valence-corrected chi connectivity index (χ3v) is 6.24. The van der Waals surface area contributed by atoms with Crippen molar-refractivity contribution in [3.05, 3.63) is 101 Å². The molecule has 4 aromatic rings. The summed E-state index contributed by atoms with van der Waals surface area (Å²) in [7, 11) is -3.75. The van der Waals surface area contributed by atoms with Crippen molar-refractivity contribution in [2.75, 3.05) is 16.5 Å². The number of aromatic nitrogens is 2. The van der Waals surface area contributed by atoms with E-state index in [1.54, 1.807) is 30.5 Å². The maximum absolute atomic E-state index is 13.4. The summed E-state index contributed by atoms with van der Waals surface area (Å²) in [6, 6.07) is 18.2. The van der Waals surface area contributed by atoms with E-state index in [2.05, 4.69) is 15.3 Å². The lowest BCUT2D eigenvalue weighted by molar-refractivity contribution is 0.102. The van der Waals surface area contributed by atoms with Crippen LogP contribution in [0.5, 0.6) is 0 Å². The van der Waals surface area contributed by atoms with Gasteiger partial charge in [0, 0.05) is 23.5 Å². The Morgan fingerprint density at radius 3 is 2.51 bits per heavy atom. The van der Waals surface area contributed by atoms with Gasteiger partial charge in [-0.05, 0) is 54.4 Å². The number of hydrogen-bond acceptors (Lipinski definition) is 7. The van der Waals surface area contributed by atoms with Crippen molar-refractivity contribution in [2.45, 2.75) is 25.2 Å². The van der Waals surface area contributed by atoms with Crippen molar-refractivity contribution < 1.29 is 17.6 Å². The van der Waals surface area contributed by atoms with E-state index in [9.17, 15) is 13.2 Å². The summed E-state index contributed by atoms with van der Waals surface area (Å²) < 4.78 is 29.9. The summed E-state index contributed by atoms with van der Waals surface area (Å²) in [4.78, 5) is 23.4. The summed E-state index contributed by atoms with van der Waals surface area (Å²) >= 11 is 6.04. The quantitative estimate of drug-likeness (QED) is 0.336. The van der Waals surface area contributed by atoms with Crippen LogP contribution in [0.1, 0.15) is 27.4 Å². The largest absolute Gasteiger partial charge is 0.467 e. The van der Waals surface area contributed by atoms with Crippen LogP contribution in [-0.2, 0) is 22.9 Å². The number of anilines is 2. The van der Waals surface area contributed by atoms with Crippen LogP contribution in [0, 0.1) is 6.92 Å². The Labute approximate surface area is 208 Å². The number of amides is 1. The highest BCUT2D eigenvalue weighted by atomic mass is 35.5. The number of furan rings is 1. The second-order valence-corrected chi connectivity index (χ2v) is 10.4. The van der Waals surface area contributed by atoms with E-state index in [0.717, 1.165) is 17.4 Å². The summed E-state index contributed by atoms with van der Waals surface area (Å²) in [5, 5.41) is 2.98. The topological polar surface area (TPSA) is 105 Å². The van der Waals surface area contributed by atoms with Gasteiger partial charge in [-0.2, -0.15) is 0 Å². The van der Waals surface area contributed by atoms with Crippen molar-refractivity contribution in [1.29, 1.82) is 0 Å². The molecule has 2 aromatic carbocycles. The van der Waals surface area contributed by atoms with Crippen LogP contribution < -0.4 is 10.2 Å². The zero-order valence-electron chi connectivity index (χ0n) is 19.1. The zero-order chi connectivity index (χ0) is 25.0. The number of benzene rings is 2. The molecule has 0 aliphatic heterocycles. The van der Waals surface area contributed by atoms with Crippen LogP contribution in [0.2, 0.25) is 5.02 Å². The third-order valence-electron chi connectivity index (χ3n) is 5.12. The lowest BCUT2D eigenvalue weighted by Gasteiger charge is -2.25. The van der Waals surface area contributed by atoms with Gasteiger partial charge in [0.1, 0.15) is 5.76 Å². The first kappa shape index (κ1) is 24.4. The highest BCUT2D eigenvalue weighted by Gasteiger charge is 2.24. The number of halogens is 1. The molecule has 2 heterocycles. The molecule has 0 saturated heterocycles. The fourth-order valence-electron chi connectivity index (χ4n) is 3.48. The van der Waals surface area contributed by atoms with Crippen LogP contribution in [0.15, 0.2) is 82.7 Å². The van der Waals surface area contributed by atoms with E-state index in [4.69, 9.17) is 16.0 Å². The smallest absolute Gasteiger partial charge is 0.276 e. The predicted octanol–water partition coefficient (Wildman–Crippen LogP) is 4.89. The normalized spacial score (nSPS) is 11.3. The molecule has 0 bridgehead atoms. The van der Waals surface area contributed by atoms with Crippen molar-refractivity contribution in [3.63, 3.8) is 0 Å². The third kappa shape index (κ3) is 6.26.